The number of hydrogen-bond acceptors (Lipinski definition) is 2. The first kappa shape index (κ1) is 16.5. The minimum atomic E-state index is 0.123. The van der Waals surface area contributed by atoms with E-state index >= 15 is 0 Å². The summed E-state index contributed by atoms with van der Waals surface area (Å²) >= 11 is 0. The van der Waals surface area contributed by atoms with Crippen LogP contribution in [0.2, 0.25) is 0 Å². The van der Waals surface area contributed by atoms with Crippen molar-refractivity contribution in [3.05, 3.63) is 34.9 Å². The molecule has 1 atom stereocenters. The Labute approximate surface area is 130 Å². The molecule has 0 aromatic heterocycles. The molecule has 1 unspecified atom stereocenters. The van der Waals surface area contributed by atoms with Crippen LogP contribution in [0.15, 0.2) is 18.2 Å². The van der Waals surface area contributed by atoms with Crippen LogP contribution in [0.1, 0.15) is 61.8 Å². The average molecular weight is 288 g/mol. The van der Waals surface area contributed by atoms with Crippen LogP contribution in [-0.4, -0.2) is 24.5 Å². The van der Waals surface area contributed by atoms with Gasteiger partial charge in [-0.2, -0.15) is 0 Å². The molecule has 0 saturated heterocycles. The van der Waals surface area contributed by atoms with Gasteiger partial charge in [0.05, 0.1) is 0 Å². The van der Waals surface area contributed by atoms with Crippen molar-refractivity contribution >= 4 is 0 Å². The van der Waals surface area contributed by atoms with Crippen LogP contribution in [0.5, 0.6) is 0 Å². The van der Waals surface area contributed by atoms with E-state index < -0.39 is 0 Å². The molecule has 2 heteroatoms. The van der Waals surface area contributed by atoms with Crippen LogP contribution in [0.3, 0.4) is 0 Å². The summed E-state index contributed by atoms with van der Waals surface area (Å²) in [7, 11) is 2.25. The zero-order valence-corrected chi connectivity index (χ0v) is 14.2. The topological polar surface area (TPSA) is 29.3 Å². The first-order valence-electron chi connectivity index (χ1n) is 8.53. The lowest BCUT2D eigenvalue weighted by molar-refractivity contribution is 0.156. The largest absolute Gasteiger partial charge is 0.323 e. The lowest BCUT2D eigenvalue weighted by Crippen LogP contribution is -2.39. The zero-order chi connectivity index (χ0) is 15.4. The maximum absolute atomic E-state index is 6.45. The number of aryl methyl sites for hydroxylation is 2. The summed E-state index contributed by atoms with van der Waals surface area (Å²) < 4.78 is 0. The Morgan fingerprint density at radius 1 is 1.10 bits per heavy atom. The standard InChI is InChI=1S/C19H32N2/c1-5-16-6-8-18(9-7-16)21(4)13-19(20)17-11-14(2)10-15(3)12-17/h10-12,16,18-19H,5-9,13,20H2,1-4H3. The van der Waals surface area contributed by atoms with Crippen molar-refractivity contribution in [2.45, 2.75) is 65.0 Å². The van der Waals surface area contributed by atoms with Crippen LogP contribution in [0, 0.1) is 19.8 Å². The molecule has 1 aromatic rings. The summed E-state index contributed by atoms with van der Waals surface area (Å²) in [6.07, 6.45) is 6.82. The maximum atomic E-state index is 6.45. The molecule has 0 amide bonds. The smallest absolute Gasteiger partial charge is 0.0424 e. The number of likely N-dealkylation sites (N-methyl/N-ethyl adjacent to an activating group) is 1. The molecule has 0 bridgehead atoms. The number of hydrogen-bond donors (Lipinski definition) is 1. The second-order valence-corrected chi connectivity index (χ2v) is 7.05. The molecule has 1 fully saturated rings. The molecule has 2 nitrogen and oxygen atoms in total. The van der Waals surface area contributed by atoms with Gasteiger partial charge in [-0.3, -0.25) is 0 Å². The third kappa shape index (κ3) is 4.55. The van der Waals surface area contributed by atoms with Crippen molar-refractivity contribution in [2.24, 2.45) is 11.7 Å². The predicted molar refractivity (Wildman–Crippen MR) is 91.5 cm³/mol. The molecule has 2 rings (SSSR count). The van der Waals surface area contributed by atoms with Gasteiger partial charge in [0.2, 0.25) is 0 Å². The van der Waals surface area contributed by atoms with E-state index in [2.05, 4.69) is 50.9 Å². The summed E-state index contributed by atoms with van der Waals surface area (Å²) in [4.78, 5) is 2.49. The Hall–Kier alpha value is -0.860. The number of rotatable bonds is 5. The van der Waals surface area contributed by atoms with Crippen molar-refractivity contribution < 1.29 is 0 Å². The summed E-state index contributed by atoms with van der Waals surface area (Å²) in [6, 6.07) is 7.53. The quantitative estimate of drug-likeness (QED) is 0.879. The molecule has 2 N–H and O–H groups in total. The second-order valence-electron chi connectivity index (χ2n) is 7.05. The maximum Gasteiger partial charge on any atom is 0.0424 e. The Morgan fingerprint density at radius 3 is 2.19 bits per heavy atom. The third-order valence-electron chi connectivity index (χ3n) is 5.17. The van der Waals surface area contributed by atoms with Gasteiger partial charge in [0.25, 0.3) is 0 Å². The molecule has 0 spiro atoms. The summed E-state index contributed by atoms with van der Waals surface area (Å²) in [5.41, 5.74) is 10.4. The molecular formula is C19H32N2. The Morgan fingerprint density at radius 2 is 1.67 bits per heavy atom. The van der Waals surface area contributed by atoms with Gasteiger partial charge >= 0.3 is 0 Å². The molecule has 21 heavy (non-hydrogen) atoms. The van der Waals surface area contributed by atoms with Gasteiger partial charge in [-0.05, 0) is 58.1 Å². The van der Waals surface area contributed by atoms with Gasteiger partial charge in [0, 0.05) is 18.6 Å². The van der Waals surface area contributed by atoms with E-state index in [-0.39, 0.29) is 6.04 Å². The Balaban J connectivity index is 1.91. The third-order valence-corrected chi connectivity index (χ3v) is 5.17. The highest BCUT2D eigenvalue weighted by atomic mass is 15.1. The molecule has 1 saturated carbocycles. The van der Waals surface area contributed by atoms with Crippen molar-refractivity contribution in [1.82, 2.24) is 4.90 Å². The van der Waals surface area contributed by atoms with Crippen LogP contribution < -0.4 is 5.73 Å². The molecule has 0 radical (unpaired) electrons. The first-order valence-corrected chi connectivity index (χ1v) is 8.53. The fraction of sp³-hybridized carbons (Fsp3) is 0.684. The van der Waals surface area contributed by atoms with E-state index in [0.717, 1.165) is 18.5 Å². The van der Waals surface area contributed by atoms with Gasteiger partial charge in [0.15, 0.2) is 0 Å². The number of nitrogens with two attached hydrogens (primary N) is 1. The van der Waals surface area contributed by atoms with E-state index in [9.17, 15) is 0 Å². The Bertz CT molecular complexity index is 427. The van der Waals surface area contributed by atoms with E-state index in [1.54, 1.807) is 0 Å². The lowest BCUT2D eigenvalue weighted by atomic mass is 9.84. The van der Waals surface area contributed by atoms with Crippen molar-refractivity contribution in [2.75, 3.05) is 13.6 Å². The van der Waals surface area contributed by atoms with Crippen molar-refractivity contribution in [3.8, 4) is 0 Å². The van der Waals surface area contributed by atoms with Gasteiger partial charge in [-0.1, -0.05) is 42.7 Å². The number of benzene rings is 1. The van der Waals surface area contributed by atoms with Crippen LogP contribution in [-0.2, 0) is 0 Å². The molecule has 1 aromatic carbocycles. The normalized spacial score (nSPS) is 24.3. The minimum absolute atomic E-state index is 0.123. The predicted octanol–water partition coefficient (Wildman–Crippen LogP) is 4.20. The molecule has 1 aliphatic rings. The molecule has 0 aliphatic heterocycles. The molecule has 118 valence electrons. The Kier molecular flexibility index (Phi) is 5.83. The average Bonchev–Trinajstić information content (AvgIpc) is 2.46. The minimum Gasteiger partial charge on any atom is -0.323 e. The lowest BCUT2D eigenvalue weighted by Gasteiger charge is -2.35. The molecule has 1 aliphatic carbocycles. The van der Waals surface area contributed by atoms with Crippen molar-refractivity contribution in [3.63, 3.8) is 0 Å². The SMILES string of the molecule is CCC1CCC(N(C)CC(N)c2cc(C)cc(C)c2)CC1. The monoisotopic (exact) mass is 288 g/mol. The molecular weight excluding hydrogens is 256 g/mol. The van der Waals surface area contributed by atoms with E-state index in [1.165, 1.54) is 48.8 Å². The van der Waals surface area contributed by atoms with Crippen LogP contribution in [0.25, 0.3) is 0 Å². The van der Waals surface area contributed by atoms with E-state index in [0.29, 0.717) is 0 Å². The van der Waals surface area contributed by atoms with E-state index in [1.807, 2.05) is 0 Å². The van der Waals surface area contributed by atoms with E-state index in [4.69, 9.17) is 5.73 Å². The van der Waals surface area contributed by atoms with Gasteiger partial charge in [-0.25, -0.2) is 0 Å². The van der Waals surface area contributed by atoms with Crippen LogP contribution in [0.4, 0.5) is 0 Å². The summed E-state index contributed by atoms with van der Waals surface area (Å²) in [6.45, 7) is 7.59. The first-order chi connectivity index (χ1) is 9.99. The van der Waals surface area contributed by atoms with Crippen molar-refractivity contribution in [1.29, 1.82) is 0 Å². The van der Waals surface area contributed by atoms with Crippen LogP contribution >= 0.6 is 0 Å². The van der Waals surface area contributed by atoms with Gasteiger partial charge in [0.1, 0.15) is 0 Å². The zero-order valence-electron chi connectivity index (χ0n) is 14.2. The highest BCUT2D eigenvalue weighted by molar-refractivity contribution is 5.30. The van der Waals surface area contributed by atoms with Gasteiger partial charge in [-0.15, -0.1) is 0 Å². The fourth-order valence-corrected chi connectivity index (χ4v) is 3.78. The highest BCUT2D eigenvalue weighted by Gasteiger charge is 2.24. The summed E-state index contributed by atoms with van der Waals surface area (Å²) in [5.74, 6) is 0.961. The number of nitrogens with zero attached hydrogens (tertiary/aromatic N) is 1. The second kappa shape index (κ2) is 7.42. The molecule has 0 heterocycles. The fourth-order valence-electron chi connectivity index (χ4n) is 3.78. The van der Waals surface area contributed by atoms with Gasteiger partial charge < -0.3 is 10.6 Å². The highest BCUT2D eigenvalue weighted by Crippen LogP contribution is 2.29. The summed E-state index contributed by atoms with van der Waals surface area (Å²) in [5, 5.41) is 0.